The smallest absolute Gasteiger partial charge is 0.321 e. The van der Waals surface area contributed by atoms with Crippen molar-refractivity contribution in [3.05, 3.63) is 23.8 Å². The van der Waals surface area contributed by atoms with Crippen molar-refractivity contribution in [3.63, 3.8) is 0 Å². The zero-order chi connectivity index (χ0) is 30.8. The maximum atomic E-state index is 12.7. The Kier molecular flexibility index (Phi) is 13.8. The van der Waals surface area contributed by atoms with Crippen LogP contribution >= 0.6 is 0 Å². The summed E-state index contributed by atoms with van der Waals surface area (Å²) < 4.78 is 16.9. The molecule has 0 radical (unpaired) electrons. The Morgan fingerprint density at radius 1 is 0.850 bits per heavy atom. The predicted octanol–water partition coefficient (Wildman–Crippen LogP) is 5.87. The maximum Gasteiger partial charge on any atom is 0.321 e. The zero-order valence-corrected chi connectivity index (χ0v) is 25.6. The third-order valence-corrected chi connectivity index (χ3v) is 7.20. The van der Waals surface area contributed by atoms with E-state index in [4.69, 9.17) is 19.9 Å². The van der Waals surface area contributed by atoms with Crippen LogP contribution in [-0.2, 0) is 23.9 Å². The van der Waals surface area contributed by atoms with Gasteiger partial charge in [-0.3, -0.25) is 19.2 Å². The summed E-state index contributed by atoms with van der Waals surface area (Å²) in [7, 11) is 0. The van der Waals surface area contributed by atoms with E-state index in [0.717, 1.165) is 12.8 Å². The second-order valence-electron chi connectivity index (χ2n) is 12.3. The lowest BCUT2D eigenvalue weighted by Gasteiger charge is -2.32. The molecule has 0 aliphatic heterocycles. The molecule has 5 unspecified atom stereocenters. The van der Waals surface area contributed by atoms with Gasteiger partial charge in [-0.2, -0.15) is 0 Å². The average Bonchev–Trinajstić information content (AvgIpc) is 2.83. The molecule has 0 saturated heterocycles. The van der Waals surface area contributed by atoms with E-state index >= 15 is 0 Å². The molecule has 0 aliphatic rings. The summed E-state index contributed by atoms with van der Waals surface area (Å²) in [6.45, 7) is 17.0. The topological polar surface area (TPSA) is 142 Å². The van der Waals surface area contributed by atoms with Crippen molar-refractivity contribution in [1.29, 1.82) is 0 Å². The Balaban J connectivity index is 3.45. The largest absolute Gasteiger partial charge is 0.480 e. The summed E-state index contributed by atoms with van der Waals surface area (Å²) in [4.78, 5) is 49.8. The van der Waals surface area contributed by atoms with Crippen LogP contribution in [0.3, 0.4) is 0 Å². The molecule has 40 heavy (non-hydrogen) atoms. The minimum atomic E-state index is -1.35. The highest BCUT2D eigenvalue weighted by molar-refractivity contribution is 5.77. The van der Waals surface area contributed by atoms with E-state index in [1.54, 1.807) is 19.9 Å². The lowest BCUT2D eigenvalue weighted by molar-refractivity contribution is -0.153. The summed E-state index contributed by atoms with van der Waals surface area (Å²) >= 11 is 0. The second-order valence-corrected chi connectivity index (χ2v) is 12.3. The summed E-state index contributed by atoms with van der Waals surface area (Å²) in [5.41, 5.74) is 6.34. The molecule has 0 spiro atoms. The van der Waals surface area contributed by atoms with Crippen molar-refractivity contribution in [1.82, 2.24) is 0 Å². The Labute approximate surface area is 239 Å². The van der Waals surface area contributed by atoms with Crippen molar-refractivity contribution in [2.24, 2.45) is 28.9 Å². The van der Waals surface area contributed by atoms with Gasteiger partial charge in [0.05, 0.1) is 6.42 Å². The first kappa shape index (κ1) is 35.1. The molecular weight excluding hydrogens is 514 g/mol. The molecule has 0 saturated carbocycles. The van der Waals surface area contributed by atoms with Crippen molar-refractivity contribution < 1.29 is 38.5 Å². The second kappa shape index (κ2) is 15.7. The highest BCUT2D eigenvalue weighted by atomic mass is 16.6. The first-order valence-corrected chi connectivity index (χ1v) is 14.2. The summed E-state index contributed by atoms with van der Waals surface area (Å²) in [6.07, 6.45) is 1.48. The lowest BCUT2D eigenvalue weighted by atomic mass is 9.79. The Morgan fingerprint density at radius 2 is 1.35 bits per heavy atom. The van der Waals surface area contributed by atoms with Crippen molar-refractivity contribution >= 4 is 23.9 Å². The number of aliphatic carboxylic acids is 1. The van der Waals surface area contributed by atoms with Crippen molar-refractivity contribution in [2.45, 2.75) is 112 Å². The fourth-order valence-electron chi connectivity index (χ4n) is 4.16. The van der Waals surface area contributed by atoms with Gasteiger partial charge in [-0.1, -0.05) is 74.3 Å². The van der Waals surface area contributed by atoms with Crippen LogP contribution in [0.2, 0.25) is 0 Å². The van der Waals surface area contributed by atoms with Crippen LogP contribution in [0, 0.1) is 23.2 Å². The molecule has 6 atom stereocenters. The molecule has 1 aromatic rings. The van der Waals surface area contributed by atoms with Crippen LogP contribution < -0.4 is 15.2 Å². The number of esters is 3. The molecule has 3 N–H and O–H groups in total. The van der Waals surface area contributed by atoms with E-state index in [9.17, 15) is 24.3 Å². The predicted molar refractivity (Wildman–Crippen MR) is 153 cm³/mol. The van der Waals surface area contributed by atoms with Crippen LogP contribution in [0.15, 0.2) is 18.2 Å². The molecule has 0 aliphatic carbocycles. The van der Waals surface area contributed by atoms with Gasteiger partial charge in [0.1, 0.15) is 12.1 Å². The van der Waals surface area contributed by atoms with E-state index in [0.29, 0.717) is 5.56 Å². The molecule has 1 rings (SSSR count). The normalized spacial score (nSPS) is 16.1. The van der Waals surface area contributed by atoms with Crippen LogP contribution in [-0.4, -0.2) is 41.1 Å². The highest BCUT2D eigenvalue weighted by Crippen LogP contribution is 2.38. The molecule has 0 aromatic heterocycles. The van der Waals surface area contributed by atoms with Crippen molar-refractivity contribution in [2.75, 3.05) is 0 Å². The molecule has 9 heteroatoms. The third kappa shape index (κ3) is 11.7. The number of carbonyl (C=O) groups is 4. The van der Waals surface area contributed by atoms with Crippen LogP contribution in [0.5, 0.6) is 11.5 Å². The minimum absolute atomic E-state index is 0.00970. The Morgan fingerprint density at radius 3 is 1.80 bits per heavy atom. The Hall–Kier alpha value is -2.94. The van der Waals surface area contributed by atoms with Gasteiger partial charge in [0.2, 0.25) is 0 Å². The zero-order valence-electron chi connectivity index (χ0n) is 25.6. The average molecular weight is 564 g/mol. The number of carbonyl (C=O) groups excluding carboxylic acids is 3. The molecule has 9 nitrogen and oxygen atoms in total. The number of nitrogens with two attached hydrogens (primary N) is 1. The number of ether oxygens (including phenoxy) is 3. The highest BCUT2D eigenvalue weighted by Gasteiger charge is 2.36. The van der Waals surface area contributed by atoms with Gasteiger partial charge < -0.3 is 25.1 Å². The van der Waals surface area contributed by atoms with Gasteiger partial charge in [0, 0.05) is 24.7 Å². The number of carboxylic acid groups (broad SMARTS) is 1. The molecule has 0 fully saturated rings. The number of benzene rings is 1. The fourth-order valence-corrected chi connectivity index (χ4v) is 4.16. The third-order valence-electron chi connectivity index (χ3n) is 7.20. The van der Waals surface area contributed by atoms with Gasteiger partial charge in [-0.05, 0) is 41.9 Å². The van der Waals surface area contributed by atoms with Crippen LogP contribution in [0.1, 0.15) is 106 Å². The monoisotopic (exact) mass is 563 g/mol. The van der Waals surface area contributed by atoms with Gasteiger partial charge in [-0.25, -0.2) is 0 Å². The molecule has 0 bridgehead atoms. The summed E-state index contributed by atoms with van der Waals surface area (Å²) in [6, 6.07) is 3.24. The Bertz CT molecular complexity index is 1020. The quantitative estimate of drug-likeness (QED) is 0.198. The fraction of sp³-hybridized carbons (Fsp3) is 0.677. The number of hydrogen-bond acceptors (Lipinski definition) is 8. The summed E-state index contributed by atoms with van der Waals surface area (Å²) in [5, 5.41) is 9.81. The van der Waals surface area contributed by atoms with Crippen LogP contribution in [0.4, 0.5) is 0 Å². The first-order valence-electron chi connectivity index (χ1n) is 14.2. The van der Waals surface area contributed by atoms with E-state index in [-0.39, 0.29) is 48.0 Å². The van der Waals surface area contributed by atoms with E-state index in [1.807, 2.05) is 48.5 Å². The van der Waals surface area contributed by atoms with Gasteiger partial charge in [-0.15, -0.1) is 0 Å². The minimum Gasteiger partial charge on any atom is -0.480 e. The number of rotatable bonds is 15. The molecule has 0 heterocycles. The number of hydrogen-bond donors (Lipinski definition) is 2. The molecule has 0 amide bonds. The van der Waals surface area contributed by atoms with Gasteiger partial charge >= 0.3 is 23.9 Å². The first-order chi connectivity index (χ1) is 18.5. The number of carboxylic acids is 1. The summed E-state index contributed by atoms with van der Waals surface area (Å²) in [5.74, 6) is -3.64. The standard InChI is InChI=1S/C31H49NO8/c1-10-18(3)14-25(33)39-23-13-12-22(16-24(23)40-26(34)15-19(4)11-2)28(29(32)30(36)37)20(5)21(6)38-27(35)17-31(7,8)9/h12-13,16,18-21,28-29H,10-11,14-15,17,32H2,1-9H3,(H,36,37)/t18?,19?,20?,21?,28?,29-/m0/s1. The molecule has 1 aromatic carbocycles. The molecular formula is C31H49NO8. The van der Waals surface area contributed by atoms with E-state index in [1.165, 1.54) is 12.1 Å². The van der Waals surface area contributed by atoms with Gasteiger partial charge in [0.15, 0.2) is 11.5 Å². The SMILES string of the molecule is CCC(C)CC(=O)Oc1ccc(C(C(C)C(C)OC(=O)CC(C)(C)C)[C@H](N)C(=O)O)cc1OC(=O)CC(C)CC. The molecule has 226 valence electrons. The van der Waals surface area contributed by atoms with Crippen molar-refractivity contribution in [3.8, 4) is 11.5 Å². The maximum absolute atomic E-state index is 12.7. The van der Waals surface area contributed by atoms with E-state index < -0.39 is 47.9 Å². The van der Waals surface area contributed by atoms with Crippen LogP contribution in [0.25, 0.3) is 0 Å². The lowest BCUT2D eigenvalue weighted by Crippen LogP contribution is -2.42. The van der Waals surface area contributed by atoms with Gasteiger partial charge in [0.25, 0.3) is 0 Å². The van der Waals surface area contributed by atoms with E-state index in [2.05, 4.69) is 0 Å².